The minimum absolute atomic E-state index is 0.228. The molecule has 0 N–H and O–H groups in total. The lowest BCUT2D eigenvalue weighted by molar-refractivity contribution is -0.147. The predicted octanol–water partition coefficient (Wildman–Crippen LogP) is 1.49. The number of nitrogens with zero attached hydrogens (tertiary/aromatic N) is 3. The van der Waals surface area contributed by atoms with Gasteiger partial charge in [-0.05, 0) is 5.92 Å². The first-order valence-corrected chi connectivity index (χ1v) is 3.98. The summed E-state index contributed by atoms with van der Waals surface area (Å²) >= 11 is 0. The van der Waals surface area contributed by atoms with Crippen LogP contribution in [0.4, 0.5) is 13.2 Å². The van der Waals surface area contributed by atoms with Crippen LogP contribution in [0.5, 0.6) is 0 Å². The minimum atomic E-state index is -4.38. The van der Waals surface area contributed by atoms with Gasteiger partial charge in [-0.1, -0.05) is 6.92 Å². The van der Waals surface area contributed by atoms with Gasteiger partial charge in [0.1, 0.15) is 5.82 Å². The van der Waals surface area contributed by atoms with Crippen LogP contribution in [0.25, 0.3) is 0 Å². The lowest BCUT2D eigenvalue weighted by atomic mass is 10.1. The first kappa shape index (κ1) is 8.52. The molecule has 13 heavy (non-hydrogen) atoms. The van der Waals surface area contributed by atoms with Gasteiger partial charge in [0.15, 0.2) is 0 Å². The van der Waals surface area contributed by atoms with Gasteiger partial charge in [-0.15, -0.1) is 10.2 Å². The van der Waals surface area contributed by atoms with Crippen LogP contribution in [0, 0.1) is 5.92 Å². The second kappa shape index (κ2) is 2.46. The molecule has 0 bridgehead atoms. The van der Waals surface area contributed by atoms with E-state index in [0.717, 1.165) is 4.57 Å². The molecule has 0 fully saturated rings. The third kappa shape index (κ3) is 1.30. The first-order valence-electron chi connectivity index (χ1n) is 3.98. The van der Waals surface area contributed by atoms with Crippen LogP contribution in [-0.2, 0) is 19.1 Å². The Labute approximate surface area is 72.6 Å². The monoisotopic (exact) mass is 191 g/mol. The van der Waals surface area contributed by atoms with Crippen molar-refractivity contribution in [3.63, 3.8) is 0 Å². The summed E-state index contributed by atoms with van der Waals surface area (Å²) in [4.78, 5) is 0. The van der Waals surface area contributed by atoms with Crippen molar-refractivity contribution in [3.05, 3.63) is 11.6 Å². The minimum Gasteiger partial charge on any atom is -0.307 e. The fourth-order valence-corrected chi connectivity index (χ4v) is 1.58. The van der Waals surface area contributed by atoms with Crippen LogP contribution in [0.15, 0.2) is 0 Å². The molecule has 1 unspecified atom stereocenters. The SMILES string of the molecule is CC1Cc2nnc(C(F)(F)F)n2C1. The molecule has 0 saturated carbocycles. The van der Waals surface area contributed by atoms with Gasteiger partial charge in [0.05, 0.1) is 0 Å². The second-order valence-corrected chi connectivity index (χ2v) is 3.36. The molecule has 6 heteroatoms. The molecule has 0 saturated heterocycles. The Morgan fingerprint density at radius 3 is 2.69 bits per heavy atom. The molecule has 1 aromatic heterocycles. The Balaban J connectivity index is 2.42. The summed E-state index contributed by atoms with van der Waals surface area (Å²) in [5.41, 5.74) is 0. The highest BCUT2D eigenvalue weighted by Gasteiger charge is 2.40. The third-order valence-electron chi connectivity index (χ3n) is 2.11. The Kier molecular flexibility index (Phi) is 1.61. The molecule has 1 aliphatic rings. The van der Waals surface area contributed by atoms with Crippen LogP contribution in [0.2, 0.25) is 0 Å². The van der Waals surface area contributed by atoms with Crippen molar-refractivity contribution in [2.24, 2.45) is 5.92 Å². The molecule has 0 aromatic carbocycles. The molecule has 2 heterocycles. The first-order chi connectivity index (χ1) is 5.98. The quantitative estimate of drug-likeness (QED) is 0.622. The van der Waals surface area contributed by atoms with Gasteiger partial charge < -0.3 is 4.57 Å². The topological polar surface area (TPSA) is 30.7 Å². The third-order valence-corrected chi connectivity index (χ3v) is 2.11. The fraction of sp³-hybridized carbons (Fsp3) is 0.714. The second-order valence-electron chi connectivity index (χ2n) is 3.36. The summed E-state index contributed by atoms with van der Waals surface area (Å²) in [5.74, 6) is -0.196. The van der Waals surface area contributed by atoms with Gasteiger partial charge in [-0.25, -0.2) is 0 Å². The van der Waals surface area contributed by atoms with Crippen LogP contribution >= 0.6 is 0 Å². The normalized spacial score (nSPS) is 22.0. The molecular formula is C7H8F3N3. The number of fused-ring (bicyclic) bond motifs is 1. The van der Waals surface area contributed by atoms with Gasteiger partial charge in [0.25, 0.3) is 0 Å². The van der Waals surface area contributed by atoms with Gasteiger partial charge >= 0.3 is 6.18 Å². The molecule has 0 spiro atoms. The van der Waals surface area contributed by atoms with E-state index in [9.17, 15) is 13.2 Å². The predicted molar refractivity (Wildman–Crippen MR) is 37.9 cm³/mol. The maximum absolute atomic E-state index is 12.3. The number of alkyl halides is 3. The van der Waals surface area contributed by atoms with E-state index in [1.165, 1.54) is 0 Å². The standard InChI is InChI=1S/C7H8F3N3/c1-4-2-5-11-12-6(7(8,9)10)13(5)3-4/h4H,2-3H2,1H3. The molecule has 3 nitrogen and oxygen atoms in total. The summed E-state index contributed by atoms with van der Waals surface area (Å²) in [7, 11) is 0. The van der Waals surface area contributed by atoms with Crippen molar-refractivity contribution in [1.29, 1.82) is 0 Å². The van der Waals surface area contributed by atoms with Gasteiger partial charge in [-0.2, -0.15) is 13.2 Å². The average molecular weight is 191 g/mol. The number of hydrogen-bond donors (Lipinski definition) is 0. The molecule has 0 radical (unpaired) electrons. The molecule has 0 aliphatic carbocycles. The van der Waals surface area contributed by atoms with E-state index in [-0.39, 0.29) is 5.92 Å². The zero-order valence-corrected chi connectivity index (χ0v) is 6.97. The molecular weight excluding hydrogens is 183 g/mol. The summed E-state index contributed by atoms with van der Waals surface area (Å²) < 4.78 is 38.0. The molecule has 1 atom stereocenters. The van der Waals surface area contributed by atoms with Crippen LogP contribution < -0.4 is 0 Å². The van der Waals surface area contributed by atoms with Crippen LogP contribution in [-0.4, -0.2) is 14.8 Å². The lowest BCUT2D eigenvalue weighted by Gasteiger charge is -2.06. The van der Waals surface area contributed by atoms with Gasteiger partial charge in [0.2, 0.25) is 5.82 Å². The smallest absolute Gasteiger partial charge is 0.307 e. The zero-order valence-electron chi connectivity index (χ0n) is 6.97. The summed E-state index contributed by atoms with van der Waals surface area (Å²) in [6.07, 6.45) is -3.79. The number of rotatable bonds is 0. The van der Waals surface area contributed by atoms with Crippen molar-refractivity contribution in [3.8, 4) is 0 Å². The highest BCUT2D eigenvalue weighted by Crippen LogP contribution is 2.31. The molecule has 72 valence electrons. The Morgan fingerprint density at radius 1 is 1.38 bits per heavy atom. The number of aromatic nitrogens is 3. The number of hydrogen-bond acceptors (Lipinski definition) is 2. The fourth-order valence-electron chi connectivity index (χ4n) is 1.58. The van der Waals surface area contributed by atoms with E-state index in [0.29, 0.717) is 18.8 Å². The van der Waals surface area contributed by atoms with E-state index >= 15 is 0 Å². The molecule has 1 aliphatic heterocycles. The van der Waals surface area contributed by atoms with Crippen LogP contribution in [0.3, 0.4) is 0 Å². The maximum Gasteiger partial charge on any atom is 0.451 e. The van der Waals surface area contributed by atoms with E-state index in [1.54, 1.807) is 0 Å². The average Bonchev–Trinajstić information content (AvgIpc) is 2.41. The van der Waals surface area contributed by atoms with E-state index in [4.69, 9.17) is 0 Å². The van der Waals surface area contributed by atoms with Crippen molar-refractivity contribution in [2.45, 2.75) is 26.1 Å². The molecule has 0 amide bonds. The van der Waals surface area contributed by atoms with Crippen molar-refractivity contribution < 1.29 is 13.2 Å². The van der Waals surface area contributed by atoms with Crippen molar-refractivity contribution in [2.75, 3.05) is 0 Å². The lowest BCUT2D eigenvalue weighted by Crippen LogP contribution is -2.14. The van der Waals surface area contributed by atoms with Crippen LogP contribution in [0.1, 0.15) is 18.6 Å². The Bertz CT molecular complexity index is 328. The summed E-state index contributed by atoms with van der Waals surface area (Å²) in [5, 5.41) is 6.64. The zero-order chi connectivity index (χ0) is 9.64. The van der Waals surface area contributed by atoms with Crippen molar-refractivity contribution >= 4 is 0 Å². The maximum atomic E-state index is 12.3. The van der Waals surface area contributed by atoms with E-state index < -0.39 is 12.0 Å². The summed E-state index contributed by atoms with van der Waals surface area (Å²) in [6, 6.07) is 0. The highest BCUT2D eigenvalue weighted by atomic mass is 19.4. The Morgan fingerprint density at radius 2 is 2.08 bits per heavy atom. The highest BCUT2D eigenvalue weighted by molar-refractivity contribution is 5.04. The van der Waals surface area contributed by atoms with E-state index in [2.05, 4.69) is 10.2 Å². The Hall–Kier alpha value is -1.07. The van der Waals surface area contributed by atoms with E-state index in [1.807, 2.05) is 6.92 Å². The number of halogens is 3. The summed E-state index contributed by atoms with van der Waals surface area (Å²) in [6.45, 7) is 2.27. The molecule has 2 rings (SSSR count). The van der Waals surface area contributed by atoms with Gasteiger partial charge in [-0.3, -0.25) is 0 Å². The molecule has 1 aromatic rings. The largest absolute Gasteiger partial charge is 0.451 e. The van der Waals surface area contributed by atoms with Gasteiger partial charge in [0, 0.05) is 13.0 Å². The van der Waals surface area contributed by atoms with Crippen molar-refractivity contribution in [1.82, 2.24) is 14.8 Å².